The molecule has 1 amide bonds. The summed E-state index contributed by atoms with van der Waals surface area (Å²) in [5.74, 6) is -0.378. The summed E-state index contributed by atoms with van der Waals surface area (Å²) in [6.45, 7) is 3.88. The number of aryl methyl sites for hydroxylation is 2. The Kier molecular flexibility index (Phi) is 6.00. The van der Waals surface area contributed by atoms with Crippen LogP contribution in [0.25, 0.3) is 5.65 Å². The summed E-state index contributed by atoms with van der Waals surface area (Å²) in [5.41, 5.74) is 6.19. The van der Waals surface area contributed by atoms with Crippen LogP contribution in [0.3, 0.4) is 0 Å². The summed E-state index contributed by atoms with van der Waals surface area (Å²) in [7, 11) is 0. The number of pyridine rings is 1. The van der Waals surface area contributed by atoms with Gasteiger partial charge >= 0.3 is 0 Å². The number of carbonyl (C=O) groups is 1. The molecule has 0 saturated heterocycles. The van der Waals surface area contributed by atoms with Crippen LogP contribution in [0.2, 0.25) is 15.2 Å². The van der Waals surface area contributed by atoms with Crippen LogP contribution >= 0.6 is 34.8 Å². The van der Waals surface area contributed by atoms with Crippen molar-refractivity contribution < 1.29 is 4.79 Å². The van der Waals surface area contributed by atoms with E-state index in [1.165, 1.54) is 6.21 Å². The summed E-state index contributed by atoms with van der Waals surface area (Å²) in [4.78, 5) is 17.0. The molecule has 1 N–H and O–H groups in total. The van der Waals surface area contributed by atoms with Crippen molar-refractivity contribution >= 4 is 52.6 Å². The fourth-order valence-corrected chi connectivity index (χ4v) is 4.05. The lowest BCUT2D eigenvalue weighted by Crippen LogP contribution is -2.20. The summed E-state index contributed by atoms with van der Waals surface area (Å²) >= 11 is 19.0. The quantitative estimate of drug-likeness (QED) is 0.329. The van der Waals surface area contributed by atoms with Gasteiger partial charge in [-0.25, -0.2) is 15.1 Å². The number of carbonyl (C=O) groups excluding carboxylic acids is 1. The van der Waals surface area contributed by atoms with Crippen molar-refractivity contribution in [2.24, 2.45) is 5.10 Å². The van der Waals surface area contributed by atoms with Crippen molar-refractivity contribution in [1.82, 2.24) is 24.6 Å². The lowest BCUT2D eigenvalue weighted by molar-refractivity contribution is 0.0948. The number of fused-ring (bicyclic) bond motifs is 1. The molecule has 0 aliphatic carbocycles. The maximum absolute atomic E-state index is 12.7. The van der Waals surface area contributed by atoms with Crippen LogP contribution in [0.4, 0.5) is 0 Å². The third-order valence-corrected chi connectivity index (χ3v) is 5.86. The first-order valence-electron chi connectivity index (χ1n) is 9.29. The number of benzene rings is 1. The molecular weight excluding hydrogens is 459 g/mol. The molecule has 1 aromatic carbocycles. The zero-order valence-electron chi connectivity index (χ0n) is 16.6. The minimum atomic E-state index is -0.378. The van der Waals surface area contributed by atoms with Gasteiger partial charge in [0, 0.05) is 21.8 Å². The Morgan fingerprint density at radius 3 is 2.58 bits per heavy atom. The molecule has 3 heterocycles. The second kappa shape index (κ2) is 8.70. The van der Waals surface area contributed by atoms with Gasteiger partial charge in [0.25, 0.3) is 5.91 Å². The van der Waals surface area contributed by atoms with E-state index < -0.39 is 0 Å². The van der Waals surface area contributed by atoms with E-state index in [-0.39, 0.29) is 5.91 Å². The van der Waals surface area contributed by atoms with Crippen LogP contribution in [-0.2, 0) is 6.54 Å². The first-order chi connectivity index (χ1) is 14.9. The number of nitrogens with zero attached hydrogens (tertiary/aromatic N) is 5. The van der Waals surface area contributed by atoms with E-state index >= 15 is 0 Å². The third kappa shape index (κ3) is 4.17. The normalized spacial score (nSPS) is 11.5. The molecule has 31 heavy (non-hydrogen) atoms. The molecule has 0 unspecified atom stereocenters. The zero-order valence-corrected chi connectivity index (χ0v) is 18.9. The lowest BCUT2D eigenvalue weighted by atomic mass is 10.2. The van der Waals surface area contributed by atoms with Crippen LogP contribution in [-0.4, -0.2) is 31.3 Å². The van der Waals surface area contributed by atoms with Gasteiger partial charge in [0.1, 0.15) is 16.5 Å². The molecule has 0 aliphatic rings. The van der Waals surface area contributed by atoms with Gasteiger partial charge in [0.15, 0.2) is 0 Å². The number of aromatic nitrogens is 4. The topological polar surface area (TPSA) is 76.6 Å². The van der Waals surface area contributed by atoms with Crippen LogP contribution in [0, 0.1) is 13.8 Å². The van der Waals surface area contributed by atoms with Crippen LogP contribution in [0.1, 0.15) is 33.0 Å². The lowest BCUT2D eigenvalue weighted by Gasteiger charge is -2.08. The van der Waals surface area contributed by atoms with Crippen molar-refractivity contribution in [2.75, 3.05) is 0 Å². The van der Waals surface area contributed by atoms with Gasteiger partial charge in [-0.3, -0.25) is 9.20 Å². The predicted molar refractivity (Wildman–Crippen MR) is 123 cm³/mol. The SMILES string of the molecule is Cc1nn(Cc2c(Cl)cccc2Cl)c(Cl)c1C=NNC(=O)c1c(C)nc2ccccn12. The molecule has 0 spiro atoms. The van der Waals surface area contributed by atoms with Crippen LogP contribution < -0.4 is 5.43 Å². The highest BCUT2D eigenvalue weighted by molar-refractivity contribution is 6.36. The van der Waals surface area contributed by atoms with Crippen molar-refractivity contribution in [3.8, 4) is 0 Å². The molecule has 0 radical (unpaired) electrons. The number of halogens is 3. The van der Waals surface area contributed by atoms with Crippen molar-refractivity contribution in [3.63, 3.8) is 0 Å². The highest BCUT2D eigenvalue weighted by Crippen LogP contribution is 2.27. The highest BCUT2D eigenvalue weighted by atomic mass is 35.5. The van der Waals surface area contributed by atoms with Crippen molar-refractivity contribution in [3.05, 3.63) is 86.0 Å². The second-order valence-corrected chi connectivity index (χ2v) is 7.99. The Hall–Kier alpha value is -2.87. The maximum Gasteiger partial charge on any atom is 0.290 e. The smallest absolute Gasteiger partial charge is 0.290 e. The number of amides is 1. The summed E-state index contributed by atoms with van der Waals surface area (Å²) < 4.78 is 3.30. The van der Waals surface area contributed by atoms with Gasteiger partial charge in [-0.2, -0.15) is 10.2 Å². The van der Waals surface area contributed by atoms with Gasteiger partial charge in [0.05, 0.1) is 29.7 Å². The monoisotopic (exact) mass is 474 g/mol. The van der Waals surface area contributed by atoms with E-state index in [0.29, 0.717) is 50.0 Å². The molecule has 158 valence electrons. The Morgan fingerprint density at radius 1 is 1.10 bits per heavy atom. The third-order valence-electron chi connectivity index (χ3n) is 4.76. The Morgan fingerprint density at radius 2 is 1.84 bits per heavy atom. The molecule has 4 aromatic rings. The summed E-state index contributed by atoms with van der Waals surface area (Å²) in [6.07, 6.45) is 3.24. The summed E-state index contributed by atoms with van der Waals surface area (Å²) in [5, 5.41) is 9.93. The molecular formula is C21H17Cl3N6O. The fourth-order valence-electron chi connectivity index (χ4n) is 3.25. The fraction of sp³-hybridized carbons (Fsp3) is 0.143. The number of rotatable bonds is 5. The van der Waals surface area contributed by atoms with E-state index in [9.17, 15) is 4.79 Å². The van der Waals surface area contributed by atoms with E-state index in [2.05, 4.69) is 20.6 Å². The van der Waals surface area contributed by atoms with Crippen LogP contribution in [0.15, 0.2) is 47.7 Å². The number of imidazole rings is 1. The van der Waals surface area contributed by atoms with E-state index in [0.717, 1.165) is 5.56 Å². The minimum absolute atomic E-state index is 0.305. The minimum Gasteiger partial charge on any atom is -0.295 e. The molecule has 4 rings (SSSR count). The molecule has 3 aromatic heterocycles. The van der Waals surface area contributed by atoms with Gasteiger partial charge in [-0.05, 0) is 38.1 Å². The molecule has 0 atom stereocenters. The largest absolute Gasteiger partial charge is 0.295 e. The van der Waals surface area contributed by atoms with Gasteiger partial charge in [0.2, 0.25) is 0 Å². The zero-order chi connectivity index (χ0) is 22.1. The highest BCUT2D eigenvalue weighted by Gasteiger charge is 2.17. The first-order valence-corrected chi connectivity index (χ1v) is 10.4. The van der Waals surface area contributed by atoms with Crippen molar-refractivity contribution in [2.45, 2.75) is 20.4 Å². The molecule has 0 saturated carbocycles. The molecule has 0 bridgehead atoms. The average molecular weight is 476 g/mol. The number of hydrogen-bond acceptors (Lipinski definition) is 4. The second-order valence-electron chi connectivity index (χ2n) is 6.82. The molecule has 7 nitrogen and oxygen atoms in total. The van der Waals surface area contributed by atoms with E-state index in [4.69, 9.17) is 34.8 Å². The first kappa shape index (κ1) is 21.4. The van der Waals surface area contributed by atoms with Crippen LogP contribution in [0.5, 0.6) is 0 Å². The van der Waals surface area contributed by atoms with E-state index in [1.54, 1.807) is 47.3 Å². The van der Waals surface area contributed by atoms with Gasteiger partial charge < -0.3 is 0 Å². The molecule has 10 heteroatoms. The standard InChI is InChI=1S/C21H17Cl3N6O/c1-12-14(20(24)30(28-12)11-15-16(22)6-5-7-17(15)23)10-25-27-21(31)19-13(2)26-18-8-3-4-9-29(18)19/h3-10H,11H2,1-2H3,(H,27,31). The van der Waals surface area contributed by atoms with Gasteiger partial charge in [-0.1, -0.05) is 46.9 Å². The maximum atomic E-state index is 12.7. The number of nitrogens with one attached hydrogen (secondary N) is 1. The Balaban J connectivity index is 1.54. The number of hydrazone groups is 1. The average Bonchev–Trinajstić information content (AvgIpc) is 3.20. The number of hydrogen-bond donors (Lipinski definition) is 1. The van der Waals surface area contributed by atoms with Crippen molar-refractivity contribution in [1.29, 1.82) is 0 Å². The Labute approximate surface area is 193 Å². The Bertz CT molecular complexity index is 1300. The summed E-state index contributed by atoms with van der Waals surface area (Å²) in [6, 6.07) is 10.8. The van der Waals surface area contributed by atoms with Gasteiger partial charge in [-0.15, -0.1) is 0 Å². The predicted octanol–water partition coefficient (Wildman–Crippen LogP) is 4.92. The van der Waals surface area contributed by atoms with E-state index in [1.807, 2.05) is 18.2 Å². The molecule has 0 aliphatic heterocycles. The molecule has 0 fully saturated rings.